The first-order valence-electron chi connectivity index (χ1n) is 8.35. The van der Waals surface area contributed by atoms with Crippen LogP contribution in [0.3, 0.4) is 0 Å². The predicted molar refractivity (Wildman–Crippen MR) is 87.7 cm³/mol. The summed E-state index contributed by atoms with van der Waals surface area (Å²) < 4.78 is 42.1. The molecule has 1 aliphatic rings. The number of alkyl halides is 3. The highest BCUT2D eigenvalue weighted by molar-refractivity contribution is 8.00. The molecule has 1 aromatic rings. The molecule has 1 saturated carbocycles. The number of carbonyl (C=O) groups is 1. The lowest BCUT2D eigenvalue weighted by Crippen LogP contribution is -2.45. The number of aromatic nitrogens is 2. The molecule has 1 aromatic heterocycles. The van der Waals surface area contributed by atoms with Crippen LogP contribution in [0.2, 0.25) is 0 Å². The number of nitrogens with zero attached hydrogens (tertiary/aromatic N) is 3. The first-order chi connectivity index (χ1) is 11.8. The predicted octanol–water partition coefficient (Wildman–Crippen LogP) is 3.05. The molecule has 2 rings (SSSR count). The third kappa shape index (κ3) is 5.60. The Balaban J connectivity index is 2.06. The van der Waals surface area contributed by atoms with E-state index in [1.54, 1.807) is 0 Å². The van der Waals surface area contributed by atoms with Crippen molar-refractivity contribution in [2.45, 2.75) is 57.1 Å². The lowest BCUT2D eigenvalue weighted by atomic mass is 9.96. The molecule has 0 unspecified atom stereocenters. The van der Waals surface area contributed by atoms with E-state index in [1.165, 1.54) is 0 Å². The molecule has 25 heavy (non-hydrogen) atoms. The molecule has 1 heterocycles. The van der Waals surface area contributed by atoms with Gasteiger partial charge in [-0.1, -0.05) is 31.8 Å². The molecule has 0 atom stereocenters. The molecule has 0 aromatic carbocycles. The van der Waals surface area contributed by atoms with Gasteiger partial charge >= 0.3 is 5.51 Å². The molecule has 0 bridgehead atoms. The monoisotopic (exact) mass is 380 g/mol. The maximum atomic E-state index is 12.3. The highest BCUT2D eigenvalue weighted by atomic mass is 32.2. The summed E-state index contributed by atoms with van der Waals surface area (Å²) in [6.45, 7) is 6.24. The maximum Gasteiger partial charge on any atom is 0.442 e. The van der Waals surface area contributed by atoms with Gasteiger partial charge in [0.05, 0.1) is 12.3 Å². The van der Waals surface area contributed by atoms with Crippen LogP contribution in [0.25, 0.3) is 0 Å². The fraction of sp³-hybridized carbons (Fsp3) is 0.800. The summed E-state index contributed by atoms with van der Waals surface area (Å²) >= 11 is -0.344. The van der Waals surface area contributed by atoms with Crippen LogP contribution in [-0.4, -0.2) is 45.3 Å². The summed E-state index contributed by atoms with van der Waals surface area (Å²) in [6, 6.07) is 0. The highest BCUT2D eigenvalue weighted by Gasteiger charge is 2.42. The van der Waals surface area contributed by atoms with E-state index in [0.29, 0.717) is 31.1 Å². The summed E-state index contributed by atoms with van der Waals surface area (Å²) in [4.78, 5) is 18.5. The van der Waals surface area contributed by atoms with Crippen molar-refractivity contribution >= 4 is 17.7 Å². The molecule has 10 heteroatoms. The Morgan fingerprint density at radius 2 is 1.96 bits per heavy atom. The summed E-state index contributed by atoms with van der Waals surface area (Å²) in [5, 5.41) is 6.71. The van der Waals surface area contributed by atoms with Gasteiger partial charge < -0.3 is 9.84 Å². The van der Waals surface area contributed by atoms with Gasteiger partial charge in [-0.3, -0.25) is 9.69 Å². The molecule has 1 aliphatic carbocycles. The van der Waals surface area contributed by atoms with Gasteiger partial charge in [0.1, 0.15) is 5.54 Å². The third-order valence-corrected chi connectivity index (χ3v) is 5.09. The van der Waals surface area contributed by atoms with Crippen molar-refractivity contribution in [3.05, 3.63) is 11.7 Å². The molecule has 0 spiro atoms. The second kappa shape index (κ2) is 8.39. The average Bonchev–Trinajstić information content (AvgIpc) is 3.20. The van der Waals surface area contributed by atoms with E-state index < -0.39 is 22.7 Å². The zero-order valence-electron chi connectivity index (χ0n) is 14.4. The zero-order chi connectivity index (χ0) is 18.5. The number of hydrogen-bond donors (Lipinski definition) is 1. The van der Waals surface area contributed by atoms with E-state index in [9.17, 15) is 18.0 Å². The van der Waals surface area contributed by atoms with Gasteiger partial charge in [0.25, 0.3) is 0 Å². The SMILES string of the molecule is CCN(CC)Cc1nc(C2(NC(=O)CSC(F)(F)F)CCCC2)no1. The van der Waals surface area contributed by atoms with E-state index in [0.717, 1.165) is 25.9 Å². The summed E-state index contributed by atoms with van der Waals surface area (Å²) in [6.07, 6.45) is 2.90. The number of thioether (sulfide) groups is 1. The second-order valence-electron chi connectivity index (χ2n) is 6.04. The number of rotatable bonds is 8. The maximum absolute atomic E-state index is 12.3. The van der Waals surface area contributed by atoms with Crippen LogP contribution in [0.15, 0.2) is 4.52 Å². The molecule has 0 aliphatic heterocycles. The van der Waals surface area contributed by atoms with Crippen molar-refractivity contribution in [2.24, 2.45) is 0 Å². The van der Waals surface area contributed by atoms with Crippen LogP contribution < -0.4 is 5.32 Å². The van der Waals surface area contributed by atoms with Crippen LogP contribution >= 0.6 is 11.8 Å². The Kier molecular flexibility index (Phi) is 6.72. The minimum absolute atomic E-state index is 0.344. The molecular weight excluding hydrogens is 357 g/mol. The van der Waals surface area contributed by atoms with E-state index in [-0.39, 0.29) is 11.8 Å². The first kappa shape index (κ1) is 20.0. The Labute approximate surface area is 148 Å². The van der Waals surface area contributed by atoms with Crippen LogP contribution in [0.1, 0.15) is 51.2 Å². The fourth-order valence-electron chi connectivity index (χ4n) is 2.99. The fourth-order valence-corrected chi connectivity index (χ4v) is 3.35. The van der Waals surface area contributed by atoms with Crippen molar-refractivity contribution in [3.63, 3.8) is 0 Å². The average molecular weight is 380 g/mol. The number of amides is 1. The highest BCUT2D eigenvalue weighted by Crippen LogP contribution is 2.38. The van der Waals surface area contributed by atoms with E-state index in [2.05, 4.69) is 20.4 Å². The van der Waals surface area contributed by atoms with Gasteiger partial charge in [-0.05, 0) is 37.7 Å². The molecule has 0 radical (unpaired) electrons. The lowest BCUT2D eigenvalue weighted by Gasteiger charge is -2.26. The zero-order valence-corrected chi connectivity index (χ0v) is 15.2. The Hall–Kier alpha value is -1.29. The van der Waals surface area contributed by atoms with Gasteiger partial charge in [0.15, 0.2) is 5.82 Å². The van der Waals surface area contributed by atoms with Crippen LogP contribution in [-0.2, 0) is 16.9 Å². The van der Waals surface area contributed by atoms with Crippen molar-refractivity contribution < 1.29 is 22.5 Å². The smallest absolute Gasteiger partial charge is 0.343 e. The second-order valence-corrected chi connectivity index (χ2v) is 7.09. The van der Waals surface area contributed by atoms with Crippen LogP contribution in [0.4, 0.5) is 13.2 Å². The third-order valence-electron chi connectivity index (χ3n) is 4.35. The van der Waals surface area contributed by atoms with Crippen molar-refractivity contribution in [3.8, 4) is 0 Å². The van der Waals surface area contributed by atoms with Crippen molar-refractivity contribution in [1.82, 2.24) is 20.4 Å². The molecule has 1 amide bonds. The van der Waals surface area contributed by atoms with Crippen molar-refractivity contribution in [2.75, 3.05) is 18.8 Å². The van der Waals surface area contributed by atoms with Gasteiger partial charge in [0, 0.05) is 0 Å². The Morgan fingerprint density at radius 3 is 2.52 bits per heavy atom. The standard InChI is InChI=1S/C15H23F3N4O2S/c1-3-22(4-2)9-12-19-13(21-24-12)14(7-5-6-8-14)20-11(23)10-25-15(16,17)18/h3-10H2,1-2H3,(H,20,23). The van der Waals surface area contributed by atoms with Crippen molar-refractivity contribution in [1.29, 1.82) is 0 Å². The van der Waals surface area contributed by atoms with E-state index in [1.807, 2.05) is 13.8 Å². The molecule has 1 N–H and O–H groups in total. The van der Waals surface area contributed by atoms with Crippen LogP contribution in [0, 0.1) is 0 Å². The van der Waals surface area contributed by atoms with Gasteiger partial charge in [-0.2, -0.15) is 18.2 Å². The summed E-state index contributed by atoms with van der Waals surface area (Å²) in [5.41, 5.74) is -5.25. The number of carbonyl (C=O) groups excluding carboxylic acids is 1. The molecule has 0 saturated heterocycles. The Morgan fingerprint density at radius 1 is 1.32 bits per heavy atom. The Bertz CT molecular complexity index is 569. The lowest BCUT2D eigenvalue weighted by molar-refractivity contribution is -0.121. The largest absolute Gasteiger partial charge is 0.442 e. The van der Waals surface area contributed by atoms with Gasteiger partial charge in [0.2, 0.25) is 11.8 Å². The number of nitrogens with one attached hydrogen (secondary N) is 1. The number of halogens is 3. The minimum atomic E-state index is -4.43. The minimum Gasteiger partial charge on any atom is -0.343 e. The summed E-state index contributed by atoms with van der Waals surface area (Å²) in [7, 11) is 0. The summed E-state index contributed by atoms with van der Waals surface area (Å²) in [5.74, 6) is -0.532. The quantitative estimate of drug-likeness (QED) is 0.747. The molecule has 1 fully saturated rings. The van der Waals surface area contributed by atoms with Crippen LogP contribution in [0.5, 0.6) is 0 Å². The van der Waals surface area contributed by atoms with E-state index >= 15 is 0 Å². The van der Waals surface area contributed by atoms with Gasteiger partial charge in [-0.15, -0.1) is 0 Å². The first-order valence-corrected chi connectivity index (χ1v) is 9.33. The topological polar surface area (TPSA) is 71.3 Å². The van der Waals surface area contributed by atoms with Gasteiger partial charge in [-0.25, -0.2) is 0 Å². The normalized spacial score (nSPS) is 17.2. The molecular formula is C15H23F3N4O2S. The number of hydrogen-bond acceptors (Lipinski definition) is 6. The molecule has 6 nitrogen and oxygen atoms in total. The molecule has 142 valence electrons. The van der Waals surface area contributed by atoms with E-state index in [4.69, 9.17) is 4.52 Å².